The Labute approximate surface area is 177 Å². The molecule has 0 saturated heterocycles. The summed E-state index contributed by atoms with van der Waals surface area (Å²) in [6.07, 6.45) is 1.95. The zero-order valence-corrected chi connectivity index (χ0v) is 18.4. The second-order valence-corrected chi connectivity index (χ2v) is 7.68. The molecule has 3 aromatic rings. The van der Waals surface area contributed by atoms with Gasteiger partial charge >= 0.3 is 0 Å². The number of rotatable bonds is 6. The highest BCUT2D eigenvalue weighted by molar-refractivity contribution is 9.10. The lowest BCUT2D eigenvalue weighted by Gasteiger charge is -2.11. The Morgan fingerprint density at radius 1 is 1.21 bits per heavy atom. The van der Waals surface area contributed by atoms with Crippen molar-refractivity contribution in [2.75, 3.05) is 5.32 Å². The van der Waals surface area contributed by atoms with Crippen LogP contribution in [0.3, 0.4) is 0 Å². The number of nitrogens with one attached hydrogen (secondary N) is 2. The van der Waals surface area contributed by atoms with E-state index in [9.17, 15) is 4.39 Å². The Morgan fingerprint density at radius 3 is 2.57 bits per heavy atom. The Hall–Kier alpha value is -2.26. The van der Waals surface area contributed by atoms with E-state index in [-0.39, 0.29) is 5.82 Å². The van der Waals surface area contributed by atoms with Crippen LogP contribution >= 0.6 is 28.1 Å². The smallest absolute Gasteiger partial charge is 0.171 e. The molecule has 6 nitrogen and oxygen atoms in total. The molecule has 0 unspecified atom stereocenters. The number of hydrogen-bond acceptors (Lipinski definition) is 3. The lowest BCUT2D eigenvalue weighted by molar-refractivity contribution is 0.622. The van der Waals surface area contributed by atoms with E-state index in [0.717, 1.165) is 39.4 Å². The number of nitrogens with zero attached hydrogens (tertiary/aromatic N) is 4. The Balaban J connectivity index is 1.64. The van der Waals surface area contributed by atoms with Crippen molar-refractivity contribution in [2.24, 2.45) is 0 Å². The van der Waals surface area contributed by atoms with Crippen LogP contribution in [0.15, 0.2) is 34.9 Å². The third kappa shape index (κ3) is 4.77. The van der Waals surface area contributed by atoms with E-state index < -0.39 is 0 Å². The summed E-state index contributed by atoms with van der Waals surface area (Å²) >= 11 is 8.95. The number of halogens is 2. The minimum atomic E-state index is -0.244. The summed E-state index contributed by atoms with van der Waals surface area (Å²) in [7, 11) is 0. The average Bonchev–Trinajstić information content (AvgIpc) is 3.16. The van der Waals surface area contributed by atoms with Crippen molar-refractivity contribution in [3.63, 3.8) is 0 Å². The molecule has 0 aliphatic carbocycles. The molecule has 0 fully saturated rings. The van der Waals surface area contributed by atoms with Gasteiger partial charge in [-0.15, -0.1) is 0 Å². The van der Waals surface area contributed by atoms with Crippen molar-refractivity contribution in [3.05, 3.63) is 63.4 Å². The molecule has 0 radical (unpaired) electrons. The van der Waals surface area contributed by atoms with Crippen LogP contribution in [0.5, 0.6) is 0 Å². The fourth-order valence-corrected chi connectivity index (χ4v) is 3.47. The van der Waals surface area contributed by atoms with Crippen LogP contribution in [0.25, 0.3) is 0 Å². The molecule has 0 saturated carbocycles. The Morgan fingerprint density at radius 2 is 1.93 bits per heavy atom. The molecule has 0 aliphatic heterocycles. The van der Waals surface area contributed by atoms with Crippen molar-refractivity contribution < 1.29 is 4.39 Å². The van der Waals surface area contributed by atoms with E-state index in [1.165, 1.54) is 12.1 Å². The summed E-state index contributed by atoms with van der Waals surface area (Å²) in [5, 5.41) is 16.0. The minimum Gasteiger partial charge on any atom is -0.357 e. The van der Waals surface area contributed by atoms with Crippen molar-refractivity contribution in [1.29, 1.82) is 0 Å². The summed E-state index contributed by atoms with van der Waals surface area (Å²) in [6, 6.07) is 6.44. The average molecular weight is 465 g/mol. The van der Waals surface area contributed by atoms with Crippen molar-refractivity contribution in [2.45, 2.75) is 40.4 Å². The predicted molar refractivity (Wildman–Crippen MR) is 116 cm³/mol. The highest BCUT2D eigenvalue weighted by Gasteiger charge is 2.14. The molecule has 2 aromatic heterocycles. The third-order valence-electron chi connectivity index (χ3n) is 4.39. The van der Waals surface area contributed by atoms with E-state index >= 15 is 0 Å². The van der Waals surface area contributed by atoms with Gasteiger partial charge in [0.25, 0.3) is 0 Å². The summed E-state index contributed by atoms with van der Waals surface area (Å²) in [5.41, 5.74) is 4.56. The van der Waals surface area contributed by atoms with Crippen LogP contribution in [-0.4, -0.2) is 24.7 Å². The maximum absolute atomic E-state index is 13.1. The summed E-state index contributed by atoms with van der Waals surface area (Å²) in [5.74, 6) is -0.244. The van der Waals surface area contributed by atoms with Gasteiger partial charge in [0.15, 0.2) is 5.11 Å². The van der Waals surface area contributed by atoms with Crippen LogP contribution in [0.1, 0.15) is 29.6 Å². The molecule has 3 rings (SSSR count). The molecule has 0 atom stereocenters. The minimum absolute atomic E-state index is 0.244. The lowest BCUT2D eigenvalue weighted by atomic mass is 10.2. The number of hydrogen-bond donors (Lipinski definition) is 2. The highest BCUT2D eigenvalue weighted by Crippen LogP contribution is 2.21. The predicted octanol–water partition coefficient (Wildman–Crippen LogP) is 4.15. The van der Waals surface area contributed by atoms with Gasteiger partial charge in [0.1, 0.15) is 5.82 Å². The number of aromatic nitrogens is 4. The molecule has 28 heavy (non-hydrogen) atoms. The van der Waals surface area contributed by atoms with Crippen molar-refractivity contribution in [1.82, 2.24) is 24.9 Å². The highest BCUT2D eigenvalue weighted by atomic mass is 79.9. The Bertz CT molecular complexity index is 979. The van der Waals surface area contributed by atoms with Crippen LogP contribution in [0.4, 0.5) is 10.1 Å². The maximum atomic E-state index is 13.1. The van der Waals surface area contributed by atoms with Gasteiger partial charge in [0.2, 0.25) is 0 Å². The van der Waals surface area contributed by atoms with Gasteiger partial charge in [-0.2, -0.15) is 10.2 Å². The SMILES string of the molecule is CCn1cc(Br)c(CNC(=S)Nc2c(C)nn(Cc3ccc(F)cc3)c2C)n1. The molecule has 2 N–H and O–H groups in total. The molecular weight excluding hydrogens is 443 g/mol. The fraction of sp³-hybridized carbons (Fsp3) is 0.316. The zero-order chi connectivity index (χ0) is 20.3. The number of anilines is 1. The molecule has 148 valence electrons. The molecule has 1 aromatic carbocycles. The number of thiocarbonyl (C=S) groups is 1. The van der Waals surface area contributed by atoms with Crippen LogP contribution in [-0.2, 0) is 19.6 Å². The van der Waals surface area contributed by atoms with Gasteiger partial charge in [-0.1, -0.05) is 12.1 Å². The molecular formula is C19H22BrFN6S. The molecule has 0 amide bonds. The van der Waals surface area contributed by atoms with Gasteiger partial charge < -0.3 is 10.6 Å². The molecule has 0 spiro atoms. The number of aryl methyl sites for hydroxylation is 2. The normalized spacial score (nSPS) is 10.9. The Kier molecular flexibility index (Phi) is 6.46. The van der Waals surface area contributed by atoms with Crippen LogP contribution in [0.2, 0.25) is 0 Å². The fourth-order valence-electron chi connectivity index (χ4n) is 2.84. The topological polar surface area (TPSA) is 59.7 Å². The first kappa shape index (κ1) is 20.5. The van der Waals surface area contributed by atoms with Gasteiger partial charge in [-0.25, -0.2) is 4.39 Å². The molecule has 2 heterocycles. The first-order chi connectivity index (χ1) is 13.4. The van der Waals surface area contributed by atoms with Gasteiger partial charge in [0.05, 0.1) is 40.3 Å². The maximum Gasteiger partial charge on any atom is 0.171 e. The zero-order valence-electron chi connectivity index (χ0n) is 16.0. The lowest BCUT2D eigenvalue weighted by Crippen LogP contribution is -2.28. The molecule has 0 bridgehead atoms. The largest absolute Gasteiger partial charge is 0.357 e. The third-order valence-corrected chi connectivity index (χ3v) is 5.30. The van der Waals surface area contributed by atoms with Gasteiger partial charge in [-0.3, -0.25) is 9.36 Å². The first-order valence-electron chi connectivity index (χ1n) is 8.92. The van der Waals surface area contributed by atoms with E-state index in [1.54, 1.807) is 12.1 Å². The van der Waals surface area contributed by atoms with E-state index in [2.05, 4.69) is 36.8 Å². The second-order valence-electron chi connectivity index (χ2n) is 6.42. The molecule has 0 aliphatic rings. The first-order valence-corrected chi connectivity index (χ1v) is 10.1. The van der Waals surface area contributed by atoms with E-state index in [1.807, 2.05) is 36.3 Å². The van der Waals surface area contributed by atoms with Crippen molar-refractivity contribution >= 4 is 38.9 Å². The van der Waals surface area contributed by atoms with E-state index in [4.69, 9.17) is 12.2 Å². The number of benzene rings is 1. The van der Waals surface area contributed by atoms with Gasteiger partial charge in [0, 0.05) is 12.7 Å². The summed E-state index contributed by atoms with van der Waals surface area (Å²) < 4.78 is 17.8. The van der Waals surface area contributed by atoms with Crippen molar-refractivity contribution in [3.8, 4) is 0 Å². The summed E-state index contributed by atoms with van der Waals surface area (Å²) in [4.78, 5) is 0. The van der Waals surface area contributed by atoms with Gasteiger partial charge in [-0.05, 0) is 66.6 Å². The molecule has 9 heteroatoms. The second kappa shape index (κ2) is 8.83. The summed E-state index contributed by atoms with van der Waals surface area (Å²) in [6.45, 7) is 7.84. The monoisotopic (exact) mass is 464 g/mol. The van der Waals surface area contributed by atoms with Crippen LogP contribution < -0.4 is 10.6 Å². The standard InChI is InChI=1S/C19H22BrFN6S/c1-4-26-11-16(20)17(25-26)9-22-19(28)23-18-12(2)24-27(13(18)3)10-14-5-7-15(21)8-6-14/h5-8,11H,4,9-10H2,1-3H3,(H2,22,23,28). The van der Waals surface area contributed by atoms with Crippen LogP contribution in [0, 0.1) is 19.7 Å². The van der Waals surface area contributed by atoms with E-state index in [0.29, 0.717) is 18.2 Å². The quantitative estimate of drug-likeness (QED) is 0.536.